The summed E-state index contributed by atoms with van der Waals surface area (Å²) in [6.45, 7) is 1.82. The lowest BCUT2D eigenvalue weighted by atomic mass is 10.2. The maximum atomic E-state index is 11.1. The molecule has 0 fully saturated rings. The van der Waals surface area contributed by atoms with E-state index in [-0.39, 0.29) is 5.91 Å². The van der Waals surface area contributed by atoms with Crippen molar-refractivity contribution in [2.24, 2.45) is 0 Å². The highest BCUT2D eigenvalue weighted by atomic mass is 16.1. The van der Waals surface area contributed by atoms with Gasteiger partial charge in [0.1, 0.15) is 0 Å². The average Bonchev–Trinajstić information content (AvgIpc) is 2.16. The van der Waals surface area contributed by atoms with E-state index < -0.39 is 0 Å². The molecule has 0 unspecified atom stereocenters. The van der Waals surface area contributed by atoms with Crippen LogP contribution >= 0.6 is 0 Å². The van der Waals surface area contributed by atoms with Crippen molar-refractivity contribution in [1.29, 1.82) is 5.26 Å². The molecule has 1 amide bonds. The number of rotatable bonds is 3. The van der Waals surface area contributed by atoms with E-state index in [4.69, 9.17) is 5.26 Å². The third-order valence-electron chi connectivity index (χ3n) is 1.28. The van der Waals surface area contributed by atoms with Crippen LogP contribution in [0.5, 0.6) is 0 Å². The van der Waals surface area contributed by atoms with Crippen LogP contribution in [0.2, 0.25) is 0 Å². The summed E-state index contributed by atoms with van der Waals surface area (Å²) in [5.41, 5.74) is 0.525. The molecule has 0 aromatic rings. The topological polar surface area (TPSA) is 52.9 Å². The second-order valence-electron chi connectivity index (χ2n) is 2.19. The molecule has 0 rings (SSSR count). The molecule has 3 heteroatoms. The van der Waals surface area contributed by atoms with E-state index in [0.717, 1.165) is 0 Å². The van der Waals surface area contributed by atoms with Crippen molar-refractivity contribution in [3.8, 4) is 6.07 Å². The number of hydrogen-bond donors (Lipinski definition) is 1. The Morgan fingerprint density at radius 1 is 1.54 bits per heavy atom. The minimum atomic E-state index is -0.166. The smallest absolute Gasteiger partial charge is 0.251 e. The molecule has 13 heavy (non-hydrogen) atoms. The predicted octanol–water partition coefficient (Wildman–Crippen LogP) is 1.31. The number of nitriles is 1. The van der Waals surface area contributed by atoms with Gasteiger partial charge in [-0.05, 0) is 13.0 Å². The molecule has 0 aliphatic carbocycles. The Bertz CT molecular complexity index is 293. The normalized spacial score (nSPS) is 11.9. The second-order valence-corrected chi connectivity index (χ2v) is 2.19. The Balaban J connectivity index is 4.61. The van der Waals surface area contributed by atoms with Crippen LogP contribution in [-0.2, 0) is 4.79 Å². The fraction of sp³-hybridized carbons (Fsp3) is 0.200. The lowest BCUT2D eigenvalue weighted by Gasteiger charge is -1.97. The summed E-state index contributed by atoms with van der Waals surface area (Å²) >= 11 is 0. The molecular weight excluding hydrogens is 164 g/mol. The summed E-state index contributed by atoms with van der Waals surface area (Å²) in [6, 6.07) is 1.84. The van der Waals surface area contributed by atoms with Gasteiger partial charge in [-0.25, -0.2) is 0 Å². The van der Waals surface area contributed by atoms with Gasteiger partial charge in [0.15, 0.2) is 0 Å². The Kier molecular flexibility index (Phi) is 5.90. The molecule has 0 aliphatic heterocycles. The second kappa shape index (κ2) is 6.86. The fourth-order valence-electron chi connectivity index (χ4n) is 0.726. The zero-order valence-corrected chi connectivity index (χ0v) is 7.74. The summed E-state index contributed by atoms with van der Waals surface area (Å²) in [5.74, 6) is -0.166. The van der Waals surface area contributed by atoms with Crippen LogP contribution in [0.15, 0.2) is 36.0 Å². The van der Waals surface area contributed by atoms with Gasteiger partial charge in [-0.3, -0.25) is 4.79 Å². The van der Waals surface area contributed by atoms with E-state index in [1.165, 1.54) is 12.2 Å². The van der Waals surface area contributed by atoms with Crippen molar-refractivity contribution in [1.82, 2.24) is 5.32 Å². The van der Waals surface area contributed by atoms with E-state index >= 15 is 0 Å². The van der Waals surface area contributed by atoms with Gasteiger partial charge in [-0.15, -0.1) is 0 Å². The van der Waals surface area contributed by atoms with E-state index in [0.29, 0.717) is 5.57 Å². The average molecular weight is 176 g/mol. The molecule has 0 spiro atoms. The molecule has 0 radical (unpaired) electrons. The predicted molar refractivity (Wildman–Crippen MR) is 51.7 cm³/mol. The molecule has 0 aliphatic rings. The van der Waals surface area contributed by atoms with Crippen LogP contribution < -0.4 is 5.32 Å². The van der Waals surface area contributed by atoms with Crippen molar-refractivity contribution < 1.29 is 4.79 Å². The van der Waals surface area contributed by atoms with Crippen LogP contribution in [0.25, 0.3) is 0 Å². The third-order valence-corrected chi connectivity index (χ3v) is 1.28. The third kappa shape index (κ3) is 4.59. The number of hydrogen-bond acceptors (Lipinski definition) is 2. The Labute approximate surface area is 78.1 Å². The quantitative estimate of drug-likeness (QED) is 0.400. The molecule has 0 bridgehead atoms. The monoisotopic (exact) mass is 176 g/mol. The number of carbonyl (C=O) groups excluding carboxylic acids is 1. The highest BCUT2D eigenvalue weighted by Crippen LogP contribution is 1.97. The maximum Gasteiger partial charge on any atom is 0.251 e. The van der Waals surface area contributed by atoms with Gasteiger partial charge in [-0.2, -0.15) is 5.26 Å². The number of likely N-dealkylation sites (N-methyl/N-ethyl adjacent to an activating group) is 1. The zero-order chi connectivity index (χ0) is 10.1. The minimum Gasteiger partial charge on any atom is -0.355 e. The van der Waals surface area contributed by atoms with E-state index in [1.54, 1.807) is 25.3 Å². The van der Waals surface area contributed by atoms with Gasteiger partial charge >= 0.3 is 0 Å². The van der Waals surface area contributed by atoms with Gasteiger partial charge in [0.05, 0.1) is 6.07 Å². The van der Waals surface area contributed by atoms with Crippen molar-refractivity contribution in [2.75, 3.05) is 7.05 Å². The van der Waals surface area contributed by atoms with Gasteiger partial charge in [0.2, 0.25) is 0 Å². The first-order chi connectivity index (χ1) is 6.26. The van der Waals surface area contributed by atoms with Crippen molar-refractivity contribution in [3.63, 3.8) is 0 Å². The van der Waals surface area contributed by atoms with E-state index in [1.807, 2.05) is 13.0 Å². The molecule has 0 saturated heterocycles. The summed E-state index contributed by atoms with van der Waals surface area (Å²) in [5, 5.41) is 10.7. The Morgan fingerprint density at radius 3 is 2.69 bits per heavy atom. The van der Waals surface area contributed by atoms with Gasteiger partial charge in [0.25, 0.3) is 5.91 Å². The van der Waals surface area contributed by atoms with Crippen LogP contribution in [0.1, 0.15) is 6.92 Å². The first-order valence-electron chi connectivity index (χ1n) is 3.87. The van der Waals surface area contributed by atoms with Gasteiger partial charge in [0, 0.05) is 18.7 Å². The molecular formula is C10H12N2O. The molecule has 68 valence electrons. The minimum absolute atomic E-state index is 0.166. The van der Waals surface area contributed by atoms with Crippen LogP contribution in [-0.4, -0.2) is 13.0 Å². The van der Waals surface area contributed by atoms with E-state index in [9.17, 15) is 4.79 Å². The van der Waals surface area contributed by atoms with Crippen molar-refractivity contribution in [2.45, 2.75) is 6.92 Å². The van der Waals surface area contributed by atoms with Crippen molar-refractivity contribution in [3.05, 3.63) is 36.0 Å². The molecule has 0 atom stereocenters. The molecule has 0 saturated carbocycles. The Hall–Kier alpha value is -1.82. The maximum absolute atomic E-state index is 11.1. The lowest BCUT2D eigenvalue weighted by Crippen LogP contribution is -2.18. The molecule has 1 N–H and O–H groups in total. The largest absolute Gasteiger partial charge is 0.355 e. The van der Waals surface area contributed by atoms with Crippen LogP contribution in [0.3, 0.4) is 0 Å². The van der Waals surface area contributed by atoms with Crippen molar-refractivity contribution >= 4 is 5.91 Å². The number of nitrogens with zero attached hydrogens (tertiary/aromatic N) is 1. The Morgan fingerprint density at radius 2 is 2.23 bits per heavy atom. The standard InChI is InChI=1S/C10H12N2O/c1-3-6-9(10(13)12-2)7-4-5-8-11/h3-7H,1-2H3,(H,12,13)/b5-4+,6-3-,9-7+. The molecule has 3 nitrogen and oxygen atoms in total. The number of carbonyl (C=O) groups is 1. The van der Waals surface area contributed by atoms with Gasteiger partial charge < -0.3 is 5.32 Å². The number of amides is 1. The zero-order valence-electron chi connectivity index (χ0n) is 7.74. The molecule has 0 aromatic heterocycles. The first-order valence-corrected chi connectivity index (χ1v) is 3.87. The van der Waals surface area contributed by atoms with Crippen LogP contribution in [0, 0.1) is 11.3 Å². The highest BCUT2D eigenvalue weighted by molar-refractivity contribution is 5.96. The number of nitrogens with one attached hydrogen (secondary N) is 1. The molecule has 0 heterocycles. The summed E-state index contributed by atoms with van der Waals surface area (Å²) in [6.07, 6.45) is 7.88. The van der Waals surface area contributed by atoms with Crippen LogP contribution in [0.4, 0.5) is 0 Å². The van der Waals surface area contributed by atoms with Gasteiger partial charge in [-0.1, -0.05) is 18.2 Å². The lowest BCUT2D eigenvalue weighted by molar-refractivity contribution is -0.116. The summed E-state index contributed by atoms with van der Waals surface area (Å²) in [4.78, 5) is 11.1. The highest BCUT2D eigenvalue weighted by Gasteiger charge is 1.99. The fourth-order valence-corrected chi connectivity index (χ4v) is 0.726. The first kappa shape index (κ1) is 11.2. The summed E-state index contributed by atoms with van der Waals surface area (Å²) in [7, 11) is 1.56. The summed E-state index contributed by atoms with van der Waals surface area (Å²) < 4.78 is 0. The SMILES string of the molecule is C\C=C/C(=C\C=C\C#N)C(=O)NC. The molecule has 0 aromatic carbocycles. The number of allylic oxidation sites excluding steroid dienone is 4. The van der Waals surface area contributed by atoms with E-state index in [2.05, 4.69) is 5.32 Å².